The van der Waals surface area contributed by atoms with Gasteiger partial charge >= 0.3 is 0 Å². The summed E-state index contributed by atoms with van der Waals surface area (Å²) in [6, 6.07) is 10.2. The first kappa shape index (κ1) is 23.6. The van der Waals surface area contributed by atoms with Gasteiger partial charge in [-0.15, -0.1) is 0 Å². The lowest BCUT2D eigenvalue weighted by Gasteiger charge is -2.35. The van der Waals surface area contributed by atoms with Crippen molar-refractivity contribution in [1.82, 2.24) is 9.88 Å². The molecule has 0 bridgehead atoms. The molecule has 0 spiro atoms. The van der Waals surface area contributed by atoms with E-state index in [1.54, 1.807) is 24.3 Å². The van der Waals surface area contributed by atoms with Crippen LogP contribution in [0.5, 0.6) is 0 Å². The molecule has 2 amide bonds. The summed E-state index contributed by atoms with van der Waals surface area (Å²) < 4.78 is 32.6. The maximum Gasteiger partial charge on any atom is 0.255 e. The van der Waals surface area contributed by atoms with Gasteiger partial charge in [-0.25, -0.2) is 13.8 Å². The average molecular weight is 468 g/mol. The van der Waals surface area contributed by atoms with Gasteiger partial charge in [-0.2, -0.15) is 0 Å². The van der Waals surface area contributed by atoms with Crippen molar-refractivity contribution in [1.29, 1.82) is 0 Å². The predicted octanol–water partition coefficient (Wildman–Crippen LogP) is 5.31. The molecule has 1 saturated heterocycles. The number of carbonyl (C=O) groups excluding carboxylic acids is 2. The van der Waals surface area contributed by atoms with E-state index >= 15 is 0 Å². The Morgan fingerprint density at radius 3 is 2.59 bits per heavy atom. The van der Waals surface area contributed by atoms with E-state index in [4.69, 9.17) is 4.42 Å². The molecule has 4 rings (SSSR count). The van der Waals surface area contributed by atoms with Crippen LogP contribution in [-0.2, 0) is 11.2 Å². The highest BCUT2D eigenvalue weighted by Gasteiger charge is 2.27. The van der Waals surface area contributed by atoms with Crippen LogP contribution >= 0.6 is 0 Å². The van der Waals surface area contributed by atoms with Crippen molar-refractivity contribution in [3.63, 3.8) is 0 Å². The molecule has 1 fully saturated rings. The summed E-state index contributed by atoms with van der Waals surface area (Å²) in [6.45, 7) is 5.68. The first-order chi connectivity index (χ1) is 16.3. The summed E-state index contributed by atoms with van der Waals surface area (Å²) in [4.78, 5) is 31.7. The number of likely N-dealkylation sites (tertiary alicyclic amines) is 1. The Bertz CT molecular complexity index is 1180. The van der Waals surface area contributed by atoms with Gasteiger partial charge < -0.3 is 14.6 Å². The van der Waals surface area contributed by atoms with Gasteiger partial charge in [0.1, 0.15) is 11.6 Å². The first-order valence-corrected chi connectivity index (χ1v) is 11.4. The minimum atomic E-state index is -0.751. The zero-order valence-electron chi connectivity index (χ0n) is 19.2. The molecule has 2 heterocycles. The molecular weight excluding hydrogens is 440 g/mol. The highest BCUT2D eigenvalue weighted by atomic mass is 19.1. The van der Waals surface area contributed by atoms with Crippen molar-refractivity contribution >= 4 is 17.5 Å². The molecule has 2 atom stereocenters. The van der Waals surface area contributed by atoms with Gasteiger partial charge in [0.15, 0.2) is 11.7 Å². The third kappa shape index (κ3) is 5.50. The highest BCUT2D eigenvalue weighted by Crippen LogP contribution is 2.26. The Labute approximate surface area is 197 Å². The maximum absolute atomic E-state index is 14.0. The second-order valence-corrected chi connectivity index (χ2v) is 8.99. The molecule has 0 radical (unpaired) electrons. The Morgan fingerprint density at radius 2 is 1.85 bits per heavy atom. The van der Waals surface area contributed by atoms with Crippen LogP contribution in [0.2, 0.25) is 0 Å². The first-order valence-electron chi connectivity index (χ1n) is 11.4. The van der Waals surface area contributed by atoms with Crippen molar-refractivity contribution in [2.75, 3.05) is 18.4 Å². The van der Waals surface area contributed by atoms with E-state index in [9.17, 15) is 18.4 Å². The van der Waals surface area contributed by atoms with Gasteiger partial charge in [-0.3, -0.25) is 9.59 Å². The van der Waals surface area contributed by atoms with Crippen molar-refractivity contribution in [3.8, 4) is 11.3 Å². The Balaban J connectivity index is 1.39. The predicted molar refractivity (Wildman–Crippen MR) is 124 cm³/mol. The second-order valence-electron chi connectivity index (χ2n) is 8.99. The lowest BCUT2D eigenvalue weighted by Crippen LogP contribution is -2.42. The number of carbonyl (C=O) groups is 2. The summed E-state index contributed by atoms with van der Waals surface area (Å²) in [7, 11) is 0. The van der Waals surface area contributed by atoms with Crippen LogP contribution in [0.1, 0.15) is 42.9 Å². The lowest BCUT2D eigenvalue weighted by molar-refractivity contribution is -0.116. The average Bonchev–Trinajstić information content (AvgIpc) is 3.26. The van der Waals surface area contributed by atoms with Crippen LogP contribution in [-0.4, -0.2) is 34.8 Å². The molecule has 34 heavy (non-hydrogen) atoms. The van der Waals surface area contributed by atoms with Gasteiger partial charge in [0.2, 0.25) is 5.91 Å². The number of rotatable bonds is 6. The van der Waals surface area contributed by atoms with Crippen LogP contribution in [0.25, 0.3) is 11.3 Å². The molecule has 2 aromatic carbocycles. The largest absolute Gasteiger partial charge is 0.441 e. The van der Waals surface area contributed by atoms with Crippen LogP contribution in [0, 0.1) is 23.5 Å². The number of hydrogen-bond acceptors (Lipinski definition) is 4. The molecule has 0 aliphatic carbocycles. The SMILES string of the molecule is CC1CC(C)CN(C(=O)c2ccccc2NC(=O)CCc2ncc(-c3ccc(F)cc3F)o2)C1. The zero-order valence-corrected chi connectivity index (χ0v) is 19.2. The fourth-order valence-electron chi connectivity index (χ4n) is 4.45. The maximum atomic E-state index is 14.0. The van der Waals surface area contributed by atoms with Crippen LogP contribution in [0.15, 0.2) is 53.1 Å². The highest BCUT2D eigenvalue weighted by molar-refractivity contribution is 6.03. The van der Waals surface area contributed by atoms with Gasteiger partial charge in [-0.05, 0) is 42.5 Å². The molecule has 1 aliphatic rings. The van der Waals surface area contributed by atoms with Crippen LogP contribution in [0.4, 0.5) is 14.5 Å². The molecule has 1 N–H and O–H groups in total. The topological polar surface area (TPSA) is 75.4 Å². The van der Waals surface area contributed by atoms with Gasteiger partial charge in [0.25, 0.3) is 5.91 Å². The number of piperidine rings is 1. The van der Waals surface area contributed by atoms with Gasteiger partial charge in [0.05, 0.1) is 23.0 Å². The number of benzene rings is 2. The van der Waals surface area contributed by atoms with Gasteiger partial charge in [-0.1, -0.05) is 26.0 Å². The number of halogens is 2. The molecule has 0 saturated carbocycles. The Morgan fingerprint density at radius 1 is 1.12 bits per heavy atom. The van der Waals surface area contributed by atoms with E-state index in [-0.39, 0.29) is 41.9 Å². The summed E-state index contributed by atoms with van der Waals surface area (Å²) in [5, 5.41) is 2.82. The monoisotopic (exact) mass is 467 g/mol. The number of anilines is 1. The number of oxazole rings is 1. The van der Waals surface area contributed by atoms with E-state index in [1.165, 1.54) is 12.3 Å². The minimum absolute atomic E-state index is 0.0617. The second kappa shape index (κ2) is 10.2. The fourth-order valence-corrected chi connectivity index (χ4v) is 4.45. The molecule has 8 heteroatoms. The number of amides is 2. The van der Waals surface area contributed by atoms with Crippen molar-refractivity contribution in [2.24, 2.45) is 11.8 Å². The fraction of sp³-hybridized carbons (Fsp3) is 0.346. The van der Waals surface area contributed by atoms with Gasteiger partial charge in [0, 0.05) is 32.0 Å². The number of hydrogen-bond donors (Lipinski definition) is 1. The smallest absolute Gasteiger partial charge is 0.255 e. The van der Waals surface area contributed by atoms with E-state index in [2.05, 4.69) is 24.1 Å². The minimum Gasteiger partial charge on any atom is -0.441 e. The summed E-state index contributed by atoms with van der Waals surface area (Å²) in [6.07, 6.45) is 2.69. The molecule has 6 nitrogen and oxygen atoms in total. The molecule has 1 aliphatic heterocycles. The lowest BCUT2D eigenvalue weighted by atomic mass is 9.91. The summed E-state index contributed by atoms with van der Waals surface area (Å²) in [5.74, 6) is -0.531. The molecular formula is C26H27F2N3O3. The van der Waals surface area contributed by atoms with Crippen molar-refractivity contribution in [3.05, 3.63) is 71.8 Å². The normalized spacial score (nSPS) is 18.1. The quantitative estimate of drug-likeness (QED) is 0.533. The third-order valence-electron chi connectivity index (χ3n) is 5.90. The molecule has 3 aromatic rings. The number of para-hydroxylation sites is 1. The summed E-state index contributed by atoms with van der Waals surface area (Å²) >= 11 is 0. The van der Waals surface area contributed by atoms with E-state index in [1.807, 2.05) is 4.90 Å². The van der Waals surface area contributed by atoms with E-state index < -0.39 is 11.6 Å². The number of nitrogens with zero attached hydrogens (tertiary/aromatic N) is 2. The van der Waals surface area contributed by atoms with Crippen LogP contribution in [0.3, 0.4) is 0 Å². The zero-order chi connectivity index (χ0) is 24.2. The number of nitrogens with one attached hydrogen (secondary N) is 1. The van der Waals surface area contributed by atoms with E-state index in [0.717, 1.165) is 18.6 Å². The standard InChI is InChI=1S/C26H27F2N3O3/c1-16-11-17(2)15-31(14-16)26(33)20-5-3-4-6-22(20)30-24(32)9-10-25-29-13-23(34-25)19-8-7-18(27)12-21(19)28/h3-8,12-13,16-17H,9-11,14-15H2,1-2H3,(H,30,32). The Kier molecular flexibility index (Phi) is 7.05. The molecule has 1 aromatic heterocycles. The summed E-state index contributed by atoms with van der Waals surface area (Å²) in [5.41, 5.74) is 1.02. The third-order valence-corrected chi connectivity index (χ3v) is 5.90. The van der Waals surface area contributed by atoms with Crippen molar-refractivity contribution < 1.29 is 22.8 Å². The van der Waals surface area contributed by atoms with Crippen molar-refractivity contribution in [2.45, 2.75) is 33.1 Å². The number of aromatic nitrogens is 1. The van der Waals surface area contributed by atoms with E-state index in [0.29, 0.717) is 36.2 Å². The number of aryl methyl sites for hydroxylation is 1. The van der Waals surface area contributed by atoms with Crippen LogP contribution < -0.4 is 5.32 Å². The molecule has 178 valence electrons. The molecule has 2 unspecified atom stereocenters. The Hall–Kier alpha value is -3.55.